The van der Waals surface area contributed by atoms with Crippen molar-refractivity contribution in [2.75, 3.05) is 18.0 Å². The van der Waals surface area contributed by atoms with Crippen molar-refractivity contribution in [1.29, 1.82) is 5.26 Å². The van der Waals surface area contributed by atoms with Crippen LogP contribution < -0.4 is 10.2 Å². The van der Waals surface area contributed by atoms with Crippen LogP contribution in [0.1, 0.15) is 51.0 Å². The molecule has 3 aliphatic rings. The molecule has 3 fully saturated rings. The second-order valence-electron chi connectivity index (χ2n) is 8.41. The van der Waals surface area contributed by atoms with Crippen LogP contribution in [0.5, 0.6) is 0 Å². The van der Waals surface area contributed by atoms with Gasteiger partial charge < -0.3 is 10.2 Å². The Morgan fingerprint density at radius 1 is 1.27 bits per heavy atom. The van der Waals surface area contributed by atoms with Crippen molar-refractivity contribution in [3.63, 3.8) is 0 Å². The fourth-order valence-corrected chi connectivity index (χ4v) is 5.37. The van der Waals surface area contributed by atoms with Gasteiger partial charge in [-0.1, -0.05) is 6.42 Å². The first-order chi connectivity index (χ1) is 12.6. The van der Waals surface area contributed by atoms with E-state index < -0.39 is 0 Å². The summed E-state index contributed by atoms with van der Waals surface area (Å²) in [5, 5.41) is 12.2. The van der Waals surface area contributed by atoms with Crippen LogP contribution in [-0.4, -0.2) is 30.0 Å². The highest BCUT2D eigenvalue weighted by Gasteiger charge is 2.42. The van der Waals surface area contributed by atoms with Crippen molar-refractivity contribution in [2.45, 2.75) is 51.5 Å². The zero-order valence-corrected chi connectivity index (χ0v) is 15.5. The summed E-state index contributed by atoms with van der Waals surface area (Å²) in [4.78, 5) is 19.3. The maximum absolute atomic E-state index is 12.7. The van der Waals surface area contributed by atoms with Gasteiger partial charge in [0.15, 0.2) is 0 Å². The lowest BCUT2D eigenvalue weighted by Crippen LogP contribution is -2.46. The number of carbonyl (C=O) groups excluding carboxylic acids is 1. The third-order valence-corrected chi connectivity index (χ3v) is 6.87. The minimum absolute atomic E-state index is 0.116. The first-order valence-corrected chi connectivity index (χ1v) is 10.1. The number of nitriles is 1. The van der Waals surface area contributed by atoms with Gasteiger partial charge in [0.2, 0.25) is 5.91 Å². The fourth-order valence-electron chi connectivity index (χ4n) is 5.37. The van der Waals surface area contributed by atoms with Gasteiger partial charge in [-0.25, -0.2) is 4.98 Å². The standard InChI is InChI=1S/C21H28N4O/c1-14(19-11-15-2-4-18(19)10-15)24-21(26)17-6-8-25(9-7-17)20-5-3-16(12-22)13-23-20/h3,5,13-15,17-19H,2,4,6-11H2,1H3,(H,24,26). The molecule has 2 heterocycles. The molecule has 138 valence electrons. The van der Waals surface area contributed by atoms with E-state index in [-0.39, 0.29) is 11.8 Å². The van der Waals surface area contributed by atoms with E-state index in [1.54, 1.807) is 12.3 Å². The number of rotatable bonds is 4. The second-order valence-corrected chi connectivity index (χ2v) is 8.41. The molecule has 1 N–H and O–H groups in total. The van der Waals surface area contributed by atoms with E-state index in [2.05, 4.69) is 28.2 Å². The smallest absolute Gasteiger partial charge is 0.223 e. The Hall–Kier alpha value is -2.09. The third-order valence-electron chi connectivity index (χ3n) is 6.87. The lowest BCUT2D eigenvalue weighted by molar-refractivity contribution is -0.126. The number of pyridine rings is 1. The minimum Gasteiger partial charge on any atom is -0.357 e. The molecule has 0 spiro atoms. The Morgan fingerprint density at radius 3 is 2.65 bits per heavy atom. The molecule has 4 unspecified atom stereocenters. The summed E-state index contributed by atoms with van der Waals surface area (Å²) in [7, 11) is 0. The summed E-state index contributed by atoms with van der Waals surface area (Å²) in [6.45, 7) is 3.90. The van der Waals surface area contributed by atoms with Gasteiger partial charge in [0, 0.05) is 31.2 Å². The summed E-state index contributed by atoms with van der Waals surface area (Å²) in [6, 6.07) is 6.11. The van der Waals surface area contributed by atoms with Crippen LogP contribution in [0.15, 0.2) is 18.3 Å². The summed E-state index contributed by atoms with van der Waals surface area (Å²) < 4.78 is 0. The zero-order chi connectivity index (χ0) is 18.1. The molecule has 5 nitrogen and oxygen atoms in total. The average Bonchev–Trinajstić information content (AvgIpc) is 3.32. The molecule has 0 aromatic carbocycles. The topological polar surface area (TPSA) is 69.0 Å². The molecule has 2 aliphatic carbocycles. The summed E-state index contributed by atoms with van der Waals surface area (Å²) in [6.07, 6.45) is 8.84. The van der Waals surface area contributed by atoms with Crippen molar-refractivity contribution >= 4 is 11.7 Å². The molecule has 2 bridgehead atoms. The van der Waals surface area contributed by atoms with Crippen LogP contribution in [0.4, 0.5) is 5.82 Å². The van der Waals surface area contributed by atoms with Crippen molar-refractivity contribution in [3.8, 4) is 6.07 Å². The molecule has 1 aromatic heterocycles. The van der Waals surface area contributed by atoms with Gasteiger partial charge in [0.1, 0.15) is 11.9 Å². The number of piperidine rings is 1. The van der Waals surface area contributed by atoms with Gasteiger partial charge in [-0.15, -0.1) is 0 Å². The monoisotopic (exact) mass is 352 g/mol. The van der Waals surface area contributed by atoms with Crippen LogP contribution in [0, 0.1) is 35.0 Å². The van der Waals surface area contributed by atoms with Crippen molar-refractivity contribution < 1.29 is 4.79 Å². The number of anilines is 1. The lowest BCUT2D eigenvalue weighted by atomic mass is 9.83. The van der Waals surface area contributed by atoms with Crippen molar-refractivity contribution in [1.82, 2.24) is 10.3 Å². The van der Waals surface area contributed by atoms with Gasteiger partial charge in [-0.3, -0.25) is 4.79 Å². The van der Waals surface area contributed by atoms with E-state index in [1.165, 1.54) is 25.7 Å². The van der Waals surface area contributed by atoms with E-state index in [4.69, 9.17) is 5.26 Å². The predicted molar refractivity (Wildman–Crippen MR) is 100 cm³/mol. The number of aromatic nitrogens is 1. The molecule has 4 rings (SSSR count). The normalized spacial score (nSPS) is 29.4. The largest absolute Gasteiger partial charge is 0.357 e. The van der Waals surface area contributed by atoms with Gasteiger partial charge in [-0.05, 0) is 68.9 Å². The maximum Gasteiger partial charge on any atom is 0.223 e. The highest BCUT2D eigenvalue weighted by Crippen LogP contribution is 2.49. The quantitative estimate of drug-likeness (QED) is 0.904. The SMILES string of the molecule is CC(NC(=O)C1CCN(c2ccc(C#N)cn2)CC1)C1CC2CCC1C2. The predicted octanol–water partition coefficient (Wildman–Crippen LogP) is 3.11. The fraction of sp³-hybridized carbons (Fsp3) is 0.667. The molecule has 1 saturated heterocycles. The van der Waals surface area contributed by atoms with Crippen LogP contribution >= 0.6 is 0 Å². The summed E-state index contributed by atoms with van der Waals surface area (Å²) in [5.41, 5.74) is 0.581. The van der Waals surface area contributed by atoms with Crippen LogP contribution in [0.25, 0.3) is 0 Å². The van der Waals surface area contributed by atoms with Gasteiger partial charge >= 0.3 is 0 Å². The molecule has 2 saturated carbocycles. The van der Waals surface area contributed by atoms with Gasteiger partial charge in [-0.2, -0.15) is 5.26 Å². The Balaban J connectivity index is 1.27. The first-order valence-electron chi connectivity index (χ1n) is 10.1. The second kappa shape index (κ2) is 7.26. The molecule has 0 radical (unpaired) electrons. The number of hydrogen-bond donors (Lipinski definition) is 1. The first kappa shape index (κ1) is 17.3. The van der Waals surface area contributed by atoms with E-state index >= 15 is 0 Å². The van der Waals surface area contributed by atoms with Crippen LogP contribution in [0.3, 0.4) is 0 Å². The minimum atomic E-state index is 0.116. The average molecular weight is 352 g/mol. The number of nitrogens with zero attached hydrogens (tertiary/aromatic N) is 3. The number of carbonyl (C=O) groups is 1. The molecule has 1 aromatic rings. The zero-order valence-electron chi connectivity index (χ0n) is 15.5. The highest BCUT2D eigenvalue weighted by atomic mass is 16.1. The number of fused-ring (bicyclic) bond motifs is 2. The maximum atomic E-state index is 12.7. The van der Waals surface area contributed by atoms with E-state index in [1.807, 2.05) is 6.07 Å². The Kier molecular flexibility index (Phi) is 4.84. The van der Waals surface area contributed by atoms with Crippen molar-refractivity contribution in [2.24, 2.45) is 23.7 Å². The molecular weight excluding hydrogens is 324 g/mol. The number of nitrogens with one attached hydrogen (secondary N) is 1. The van der Waals surface area contributed by atoms with E-state index in [9.17, 15) is 4.79 Å². The van der Waals surface area contributed by atoms with E-state index in [0.717, 1.165) is 43.6 Å². The number of hydrogen-bond acceptors (Lipinski definition) is 4. The molecule has 4 atom stereocenters. The Morgan fingerprint density at radius 2 is 2.08 bits per heavy atom. The highest BCUT2D eigenvalue weighted by molar-refractivity contribution is 5.79. The molecule has 26 heavy (non-hydrogen) atoms. The Bertz CT molecular complexity index is 687. The molecule has 1 aliphatic heterocycles. The molecule has 5 heteroatoms. The van der Waals surface area contributed by atoms with Crippen LogP contribution in [0.2, 0.25) is 0 Å². The summed E-state index contributed by atoms with van der Waals surface area (Å²) in [5.74, 6) is 3.73. The lowest BCUT2D eigenvalue weighted by Gasteiger charge is -2.34. The Labute approximate surface area is 155 Å². The van der Waals surface area contributed by atoms with E-state index in [0.29, 0.717) is 17.5 Å². The molecule has 1 amide bonds. The van der Waals surface area contributed by atoms with Gasteiger partial charge in [0.25, 0.3) is 0 Å². The molecular formula is C21H28N4O. The van der Waals surface area contributed by atoms with Crippen molar-refractivity contribution in [3.05, 3.63) is 23.9 Å². The van der Waals surface area contributed by atoms with Crippen LogP contribution in [-0.2, 0) is 4.79 Å². The third kappa shape index (κ3) is 3.42. The number of amides is 1. The van der Waals surface area contributed by atoms with Gasteiger partial charge in [0.05, 0.1) is 5.56 Å². The summed E-state index contributed by atoms with van der Waals surface area (Å²) >= 11 is 0.